The number of hydrogen-bond donors (Lipinski definition) is 2. The van der Waals surface area contributed by atoms with Crippen LogP contribution in [0.1, 0.15) is 33.6 Å². The maximum Gasteiger partial charge on any atom is 0.410 e. The van der Waals surface area contributed by atoms with Crippen LogP contribution in [0.25, 0.3) is 0 Å². The number of rotatable bonds is 3. The molecule has 1 aromatic heterocycles. The number of pyridine rings is 1. The summed E-state index contributed by atoms with van der Waals surface area (Å²) in [5.74, 6) is 0.516. The molecule has 2 saturated heterocycles. The Morgan fingerprint density at radius 1 is 1.18 bits per heavy atom. The summed E-state index contributed by atoms with van der Waals surface area (Å²) in [7, 11) is 0. The number of amides is 1. The third-order valence-electron chi connectivity index (χ3n) is 5.37. The lowest BCUT2D eigenvalue weighted by Crippen LogP contribution is -2.56. The first kappa shape index (κ1) is 20.7. The number of β-amino-alcohol motifs (C(OH)–C–C–N with tert-alkyl or cyclic N) is 1. The van der Waals surface area contributed by atoms with Crippen molar-refractivity contribution in [1.29, 1.82) is 0 Å². The van der Waals surface area contributed by atoms with Gasteiger partial charge in [0, 0.05) is 45.8 Å². The van der Waals surface area contributed by atoms with Gasteiger partial charge in [-0.3, -0.25) is 4.90 Å². The number of carbonyl (C=O) groups excluding carboxylic acids is 1. The van der Waals surface area contributed by atoms with E-state index in [2.05, 4.69) is 14.8 Å². The number of nitrogen functional groups attached to an aromatic ring is 1. The first-order chi connectivity index (χ1) is 13.1. The van der Waals surface area contributed by atoms with Crippen LogP contribution in [0.2, 0.25) is 0 Å². The predicted octanol–water partition coefficient (Wildman–Crippen LogP) is 1.55. The van der Waals surface area contributed by atoms with E-state index in [4.69, 9.17) is 10.5 Å². The molecule has 3 N–H and O–H groups in total. The first-order valence-electron chi connectivity index (χ1n) is 10.0. The van der Waals surface area contributed by atoms with Crippen LogP contribution in [-0.2, 0) is 4.74 Å². The van der Waals surface area contributed by atoms with Crippen LogP contribution < -0.4 is 10.6 Å². The summed E-state index contributed by atoms with van der Waals surface area (Å²) >= 11 is 0. The molecule has 2 aliphatic rings. The molecule has 0 atom stereocenters. The van der Waals surface area contributed by atoms with Gasteiger partial charge in [0.2, 0.25) is 0 Å². The highest BCUT2D eigenvalue weighted by Crippen LogP contribution is 2.27. The van der Waals surface area contributed by atoms with E-state index >= 15 is 0 Å². The number of piperidine rings is 1. The SMILES string of the molecule is CC(C)(C)OC(=O)N1CCN(CC2(O)CCN(c3ccc(N)nc3)CC2)CC1. The quantitative estimate of drug-likeness (QED) is 0.807. The predicted molar refractivity (Wildman–Crippen MR) is 109 cm³/mol. The molecule has 0 spiro atoms. The van der Waals surface area contributed by atoms with E-state index in [1.807, 2.05) is 26.8 Å². The fraction of sp³-hybridized carbons (Fsp3) is 0.700. The van der Waals surface area contributed by atoms with Gasteiger partial charge in [0.1, 0.15) is 11.4 Å². The molecule has 0 saturated carbocycles. The first-order valence-corrected chi connectivity index (χ1v) is 10.0. The van der Waals surface area contributed by atoms with Crippen LogP contribution in [0.3, 0.4) is 0 Å². The second-order valence-electron chi connectivity index (χ2n) is 8.90. The summed E-state index contributed by atoms with van der Waals surface area (Å²) < 4.78 is 5.44. The van der Waals surface area contributed by atoms with E-state index in [9.17, 15) is 9.90 Å². The van der Waals surface area contributed by atoms with Crippen molar-refractivity contribution in [3.8, 4) is 0 Å². The van der Waals surface area contributed by atoms with Crippen molar-refractivity contribution in [1.82, 2.24) is 14.8 Å². The molecule has 2 fully saturated rings. The zero-order chi connectivity index (χ0) is 20.4. The number of aliphatic hydroxyl groups is 1. The third kappa shape index (κ3) is 5.48. The highest BCUT2D eigenvalue weighted by atomic mass is 16.6. The Balaban J connectivity index is 1.45. The van der Waals surface area contributed by atoms with Crippen LogP contribution in [0.5, 0.6) is 0 Å². The summed E-state index contributed by atoms with van der Waals surface area (Å²) in [5.41, 5.74) is 5.53. The molecule has 1 amide bonds. The van der Waals surface area contributed by atoms with Gasteiger partial charge in [-0.15, -0.1) is 0 Å². The van der Waals surface area contributed by atoms with Gasteiger partial charge in [-0.1, -0.05) is 0 Å². The number of piperazine rings is 1. The molecule has 0 bridgehead atoms. The molecule has 3 heterocycles. The van der Waals surface area contributed by atoms with Gasteiger partial charge in [-0.05, 0) is 45.7 Å². The summed E-state index contributed by atoms with van der Waals surface area (Å²) in [4.78, 5) is 22.6. The second kappa shape index (κ2) is 8.13. The Hall–Kier alpha value is -2.06. The minimum atomic E-state index is -0.689. The highest BCUT2D eigenvalue weighted by molar-refractivity contribution is 5.68. The van der Waals surface area contributed by atoms with E-state index < -0.39 is 11.2 Å². The van der Waals surface area contributed by atoms with Gasteiger partial charge in [-0.2, -0.15) is 0 Å². The number of aromatic nitrogens is 1. The van der Waals surface area contributed by atoms with Crippen LogP contribution in [0.4, 0.5) is 16.3 Å². The Bertz CT molecular complexity index is 657. The average Bonchev–Trinajstić information content (AvgIpc) is 2.62. The van der Waals surface area contributed by atoms with Crippen molar-refractivity contribution >= 4 is 17.6 Å². The Morgan fingerprint density at radius 3 is 2.36 bits per heavy atom. The van der Waals surface area contributed by atoms with Crippen molar-refractivity contribution in [2.24, 2.45) is 0 Å². The molecule has 0 aliphatic carbocycles. The molecule has 0 aromatic carbocycles. The van der Waals surface area contributed by atoms with Crippen molar-refractivity contribution in [2.45, 2.75) is 44.8 Å². The number of carbonyl (C=O) groups is 1. The molecule has 156 valence electrons. The Labute approximate surface area is 167 Å². The number of nitrogens with zero attached hydrogens (tertiary/aromatic N) is 4. The lowest BCUT2D eigenvalue weighted by Gasteiger charge is -2.43. The van der Waals surface area contributed by atoms with Crippen LogP contribution in [0, 0.1) is 0 Å². The molecule has 2 aliphatic heterocycles. The van der Waals surface area contributed by atoms with Gasteiger partial charge >= 0.3 is 6.09 Å². The van der Waals surface area contributed by atoms with Crippen LogP contribution >= 0.6 is 0 Å². The minimum absolute atomic E-state index is 0.253. The fourth-order valence-electron chi connectivity index (χ4n) is 3.76. The maximum atomic E-state index is 12.2. The number of anilines is 2. The van der Waals surface area contributed by atoms with Crippen LogP contribution in [0.15, 0.2) is 18.3 Å². The molecule has 3 rings (SSSR count). The highest BCUT2D eigenvalue weighted by Gasteiger charge is 2.35. The molecular formula is C20H33N5O3. The Kier molecular flexibility index (Phi) is 6.00. The molecule has 1 aromatic rings. The topological polar surface area (TPSA) is 95.2 Å². The normalized spacial score (nSPS) is 20.9. The molecule has 0 radical (unpaired) electrons. The number of nitrogens with two attached hydrogens (primary N) is 1. The lowest BCUT2D eigenvalue weighted by atomic mass is 9.90. The lowest BCUT2D eigenvalue weighted by molar-refractivity contribution is -0.0303. The largest absolute Gasteiger partial charge is 0.444 e. The summed E-state index contributed by atoms with van der Waals surface area (Å²) in [6.45, 7) is 10.6. The monoisotopic (exact) mass is 391 g/mol. The van der Waals surface area contributed by atoms with Crippen molar-refractivity contribution < 1.29 is 14.6 Å². The van der Waals surface area contributed by atoms with Crippen molar-refractivity contribution in [2.75, 3.05) is 56.4 Å². The van der Waals surface area contributed by atoms with E-state index in [1.165, 1.54) is 0 Å². The van der Waals surface area contributed by atoms with E-state index in [0.717, 1.165) is 31.9 Å². The van der Waals surface area contributed by atoms with Crippen molar-refractivity contribution in [3.05, 3.63) is 18.3 Å². The van der Waals surface area contributed by atoms with Gasteiger partial charge in [0.25, 0.3) is 0 Å². The molecule has 28 heavy (non-hydrogen) atoms. The minimum Gasteiger partial charge on any atom is -0.444 e. The summed E-state index contributed by atoms with van der Waals surface area (Å²) in [5, 5.41) is 11.1. The van der Waals surface area contributed by atoms with E-state index in [-0.39, 0.29) is 6.09 Å². The van der Waals surface area contributed by atoms with Crippen molar-refractivity contribution in [3.63, 3.8) is 0 Å². The van der Waals surface area contributed by atoms with E-state index in [0.29, 0.717) is 38.3 Å². The summed E-state index contributed by atoms with van der Waals surface area (Å²) in [6, 6.07) is 3.78. The smallest absolute Gasteiger partial charge is 0.410 e. The Morgan fingerprint density at radius 2 is 1.82 bits per heavy atom. The zero-order valence-electron chi connectivity index (χ0n) is 17.2. The fourth-order valence-corrected chi connectivity index (χ4v) is 3.76. The molecule has 8 heteroatoms. The third-order valence-corrected chi connectivity index (χ3v) is 5.37. The average molecular weight is 392 g/mol. The number of ether oxygens (including phenoxy) is 1. The zero-order valence-corrected chi connectivity index (χ0v) is 17.2. The number of hydrogen-bond acceptors (Lipinski definition) is 7. The summed E-state index contributed by atoms with van der Waals surface area (Å²) in [6.07, 6.45) is 2.96. The van der Waals surface area contributed by atoms with Gasteiger partial charge < -0.3 is 25.4 Å². The molecule has 0 unspecified atom stereocenters. The second-order valence-corrected chi connectivity index (χ2v) is 8.90. The maximum absolute atomic E-state index is 12.2. The standard InChI is InChI=1S/C20H33N5O3/c1-19(2,3)28-18(26)25-12-10-23(11-13-25)15-20(27)6-8-24(9-7-20)16-4-5-17(21)22-14-16/h4-5,14,27H,6-13,15H2,1-3H3,(H2,21,22). The van der Waals surface area contributed by atoms with Gasteiger partial charge in [0.15, 0.2) is 0 Å². The van der Waals surface area contributed by atoms with Gasteiger partial charge in [-0.25, -0.2) is 9.78 Å². The van der Waals surface area contributed by atoms with E-state index in [1.54, 1.807) is 17.2 Å². The van der Waals surface area contributed by atoms with Gasteiger partial charge in [0.05, 0.1) is 17.5 Å². The van der Waals surface area contributed by atoms with Crippen LogP contribution in [-0.4, -0.2) is 83.0 Å². The molecule has 8 nitrogen and oxygen atoms in total. The molecular weight excluding hydrogens is 358 g/mol.